The smallest absolute Gasteiger partial charge is 0.141 e. The van der Waals surface area contributed by atoms with Crippen molar-refractivity contribution in [2.75, 3.05) is 31.2 Å². The van der Waals surface area contributed by atoms with Crippen LogP contribution in [0.15, 0.2) is 61.1 Å². The van der Waals surface area contributed by atoms with Gasteiger partial charge in [-0.15, -0.1) is 0 Å². The van der Waals surface area contributed by atoms with Crippen molar-refractivity contribution in [1.82, 2.24) is 19.9 Å². The highest BCUT2D eigenvalue weighted by molar-refractivity contribution is 6.32. The molecule has 2 aromatic carbocycles. The number of rotatable bonds is 5. The summed E-state index contributed by atoms with van der Waals surface area (Å²) in [6.07, 6.45) is 5.50. The number of nitrogens with two attached hydrogens (primary N) is 1. The number of nitrogens with zero attached hydrogens (tertiary/aromatic N) is 4. The molecule has 37 heavy (non-hydrogen) atoms. The van der Waals surface area contributed by atoms with Crippen LogP contribution >= 0.6 is 11.6 Å². The summed E-state index contributed by atoms with van der Waals surface area (Å²) >= 11 is 6.49. The monoisotopic (exact) mass is 512 g/mol. The third-order valence-electron chi connectivity index (χ3n) is 6.49. The van der Waals surface area contributed by atoms with Gasteiger partial charge in [0.25, 0.3) is 0 Å². The predicted octanol–water partition coefficient (Wildman–Crippen LogP) is 5.67. The van der Waals surface area contributed by atoms with E-state index in [9.17, 15) is 0 Å². The summed E-state index contributed by atoms with van der Waals surface area (Å²) in [5, 5.41) is 4.62. The zero-order valence-corrected chi connectivity index (χ0v) is 21.7. The molecule has 7 nitrogen and oxygen atoms in total. The van der Waals surface area contributed by atoms with E-state index in [0.29, 0.717) is 28.9 Å². The number of pyridine rings is 1. The average molecular weight is 513 g/mol. The highest BCUT2D eigenvalue weighted by Gasteiger charge is 2.27. The number of hydrogen-bond acceptors (Lipinski definition) is 7. The Bertz CT molecular complexity index is 1480. The van der Waals surface area contributed by atoms with Crippen LogP contribution in [0.4, 0.5) is 17.2 Å². The number of ether oxygens (including phenoxy) is 1. The Balaban J connectivity index is 1.35. The average Bonchev–Trinajstić information content (AvgIpc) is 2.88. The number of fused-ring (bicyclic) bond motifs is 1. The molecule has 4 aromatic rings. The van der Waals surface area contributed by atoms with Crippen molar-refractivity contribution in [2.24, 2.45) is 5.41 Å². The first-order valence-electron chi connectivity index (χ1n) is 12.2. The summed E-state index contributed by atoms with van der Waals surface area (Å²) in [7, 11) is 2.14. The van der Waals surface area contributed by atoms with Gasteiger partial charge in [-0.1, -0.05) is 29.5 Å². The van der Waals surface area contributed by atoms with E-state index in [2.05, 4.69) is 51.0 Å². The van der Waals surface area contributed by atoms with Crippen LogP contribution < -0.4 is 15.8 Å². The van der Waals surface area contributed by atoms with Crippen LogP contribution in [0.1, 0.15) is 31.0 Å². The van der Waals surface area contributed by atoms with E-state index in [1.54, 1.807) is 12.3 Å². The lowest BCUT2D eigenvalue weighted by molar-refractivity contribution is 0.175. The van der Waals surface area contributed by atoms with Gasteiger partial charge in [0.15, 0.2) is 0 Å². The van der Waals surface area contributed by atoms with Gasteiger partial charge in [0.1, 0.15) is 24.5 Å². The van der Waals surface area contributed by atoms with Crippen LogP contribution in [0.2, 0.25) is 5.02 Å². The molecule has 1 aliphatic rings. The second-order valence-corrected chi connectivity index (χ2v) is 10.1. The second-order valence-electron chi connectivity index (χ2n) is 9.71. The maximum Gasteiger partial charge on any atom is 0.141 e. The SMILES string of the molecule is CN1CCCC(C)(C#Cc2cc3ncnc(Nc4ccc(OCc5ccccn5)c(Cl)c4)c3cc2N)C1. The molecule has 1 aliphatic heterocycles. The second kappa shape index (κ2) is 10.6. The molecule has 1 atom stereocenters. The van der Waals surface area contributed by atoms with Gasteiger partial charge in [-0.05, 0) is 75.8 Å². The topological polar surface area (TPSA) is 89.2 Å². The van der Waals surface area contributed by atoms with E-state index < -0.39 is 0 Å². The van der Waals surface area contributed by atoms with Crippen molar-refractivity contribution in [1.29, 1.82) is 0 Å². The molecular weight excluding hydrogens is 484 g/mol. The molecule has 0 aliphatic carbocycles. The third kappa shape index (κ3) is 5.93. The van der Waals surface area contributed by atoms with Crippen LogP contribution in [-0.2, 0) is 6.61 Å². The highest BCUT2D eigenvalue weighted by Crippen LogP contribution is 2.32. The fourth-order valence-electron chi connectivity index (χ4n) is 4.61. The van der Waals surface area contributed by atoms with E-state index in [4.69, 9.17) is 22.1 Å². The largest absolute Gasteiger partial charge is 0.486 e. The van der Waals surface area contributed by atoms with Gasteiger partial charge in [-0.25, -0.2) is 9.97 Å². The summed E-state index contributed by atoms with van der Waals surface area (Å²) < 4.78 is 5.83. The normalized spacial score (nSPS) is 17.7. The number of anilines is 3. The summed E-state index contributed by atoms with van der Waals surface area (Å²) in [5.41, 5.74) is 10.1. The van der Waals surface area contributed by atoms with Crippen LogP contribution in [-0.4, -0.2) is 40.0 Å². The number of nitrogens with one attached hydrogen (secondary N) is 1. The van der Waals surface area contributed by atoms with Crippen LogP contribution in [0, 0.1) is 17.3 Å². The number of likely N-dealkylation sites (tertiary alicyclic amines) is 1. The van der Waals surface area contributed by atoms with E-state index in [1.807, 2.05) is 42.5 Å². The number of hydrogen-bond donors (Lipinski definition) is 2. The molecule has 2 aromatic heterocycles. The molecule has 1 saturated heterocycles. The Labute approximate surface area is 222 Å². The van der Waals surface area contributed by atoms with Crippen molar-refractivity contribution in [3.05, 3.63) is 77.3 Å². The first kappa shape index (κ1) is 24.8. The quantitative estimate of drug-likeness (QED) is 0.263. The molecule has 1 unspecified atom stereocenters. The third-order valence-corrected chi connectivity index (χ3v) is 6.78. The highest BCUT2D eigenvalue weighted by atomic mass is 35.5. The maximum atomic E-state index is 6.49. The Morgan fingerprint density at radius 1 is 1.16 bits per heavy atom. The number of piperidine rings is 1. The Hall–Kier alpha value is -3.86. The lowest BCUT2D eigenvalue weighted by atomic mass is 9.82. The van der Waals surface area contributed by atoms with Crippen molar-refractivity contribution in [2.45, 2.75) is 26.4 Å². The number of aromatic nitrogens is 3. The Kier molecular flexibility index (Phi) is 7.13. The molecule has 188 valence electrons. The van der Waals surface area contributed by atoms with Crippen molar-refractivity contribution >= 4 is 39.7 Å². The Morgan fingerprint density at radius 2 is 2.05 bits per heavy atom. The van der Waals surface area contributed by atoms with Gasteiger partial charge in [-0.3, -0.25) is 4.98 Å². The molecule has 3 N–H and O–H groups in total. The van der Waals surface area contributed by atoms with Gasteiger partial charge in [0.05, 0.1) is 16.2 Å². The first-order valence-corrected chi connectivity index (χ1v) is 12.6. The standard InChI is InChI=1S/C29H29ClN6O/c1-29(10-5-13-36(2)18-29)11-9-20-14-26-23(16-25(20)31)28(34-19-33-26)35-21-7-8-27(24(30)15-21)37-17-22-6-3-4-12-32-22/h3-4,6-8,12,14-16,19H,5,10,13,17-18,31H2,1-2H3,(H,33,34,35). The fraction of sp³-hybridized carbons (Fsp3) is 0.276. The number of nitrogen functional groups attached to an aromatic ring is 1. The summed E-state index contributed by atoms with van der Waals surface area (Å²) in [4.78, 5) is 15.5. The van der Waals surface area contributed by atoms with Crippen molar-refractivity contribution < 1.29 is 4.74 Å². The predicted molar refractivity (Wildman–Crippen MR) is 149 cm³/mol. The molecule has 8 heteroatoms. The summed E-state index contributed by atoms with van der Waals surface area (Å²) in [5.74, 6) is 8.01. The molecule has 1 fully saturated rings. The van der Waals surface area contributed by atoms with Gasteiger partial charge < -0.3 is 20.7 Å². The zero-order chi connectivity index (χ0) is 25.8. The maximum absolute atomic E-state index is 6.49. The van der Waals surface area contributed by atoms with Gasteiger partial charge in [0.2, 0.25) is 0 Å². The van der Waals surface area contributed by atoms with Crippen molar-refractivity contribution in [3.8, 4) is 17.6 Å². The molecule has 3 heterocycles. The molecule has 0 amide bonds. The molecule has 0 spiro atoms. The lowest BCUT2D eigenvalue weighted by Gasteiger charge is -2.34. The molecule has 0 bridgehead atoms. The van der Waals surface area contributed by atoms with Crippen LogP contribution in [0.5, 0.6) is 5.75 Å². The molecule has 0 saturated carbocycles. The minimum absolute atomic E-state index is 0.0421. The van der Waals surface area contributed by atoms with Crippen LogP contribution in [0.3, 0.4) is 0 Å². The van der Waals surface area contributed by atoms with Crippen LogP contribution in [0.25, 0.3) is 10.9 Å². The van der Waals surface area contributed by atoms with Gasteiger partial charge >= 0.3 is 0 Å². The Morgan fingerprint density at radius 3 is 2.84 bits per heavy atom. The van der Waals surface area contributed by atoms with E-state index >= 15 is 0 Å². The summed E-state index contributed by atoms with van der Waals surface area (Å²) in [6.45, 7) is 4.63. The minimum Gasteiger partial charge on any atom is -0.486 e. The first-order chi connectivity index (χ1) is 17.9. The molecular formula is C29H29ClN6O. The lowest BCUT2D eigenvalue weighted by Crippen LogP contribution is -2.38. The van der Waals surface area contributed by atoms with Gasteiger partial charge in [-0.2, -0.15) is 0 Å². The molecule has 0 radical (unpaired) electrons. The van der Waals surface area contributed by atoms with Gasteiger partial charge in [0, 0.05) is 40.5 Å². The zero-order valence-electron chi connectivity index (χ0n) is 21.0. The van der Waals surface area contributed by atoms with E-state index in [-0.39, 0.29) is 5.41 Å². The fourth-order valence-corrected chi connectivity index (χ4v) is 4.84. The number of halogens is 1. The van der Waals surface area contributed by atoms with E-state index in [1.165, 1.54) is 6.33 Å². The summed E-state index contributed by atoms with van der Waals surface area (Å²) in [6, 6.07) is 15.0. The van der Waals surface area contributed by atoms with Crippen molar-refractivity contribution in [3.63, 3.8) is 0 Å². The van der Waals surface area contributed by atoms with E-state index in [0.717, 1.165) is 53.8 Å². The number of benzene rings is 2. The molecule has 5 rings (SSSR count). The minimum atomic E-state index is -0.0421.